The molecule has 0 spiro atoms. The number of para-hydroxylation sites is 2. The first-order valence-corrected chi connectivity index (χ1v) is 12.0. The third-order valence-corrected chi connectivity index (χ3v) is 6.06. The van der Waals surface area contributed by atoms with Gasteiger partial charge in [0.15, 0.2) is 17.2 Å². The molecule has 1 aromatic heterocycles. The molecular formula is C26H24N4O3S. The first kappa shape index (κ1) is 22.0. The first-order valence-electron chi connectivity index (χ1n) is 11.0. The Balaban J connectivity index is 1.56. The van der Waals surface area contributed by atoms with Gasteiger partial charge in [-0.05, 0) is 29.5 Å². The number of rotatable bonds is 7. The molecule has 0 bridgehead atoms. The number of methoxy groups -OCH3 is 1. The molecule has 34 heavy (non-hydrogen) atoms. The second-order valence-electron chi connectivity index (χ2n) is 7.52. The van der Waals surface area contributed by atoms with Crippen LogP contribution in [0.1, 0.15) is 24.3 Å². The topological polar surface area (TPSA) is 78.4 Å². The summed E-state index contributed by atoms with van der Waals surface area (Å²) in [6, 6.07) is 23.7. The van der Waals surface area contributed by atoms with Crippen LogP contribution in [0.15, 0.2) is 78.0 Å². The van der Waals surface area contributed by atoms with Gasteiger partial charge >= 0.3 is 0 Å². The Morgan fingerprint density at radius 3 is 2.62 bits per heavy atom. The van der Waals surface area contributed by atoms with Crippen LogP contribution in [-0.4, -0.2) is 28.0 Å². The maximum absolute atomic E-state index is 6.43. The van der Waals surface area contributed by atoms with Crippen LogP contribution in [-0.2, 0) is 6.61 Å². The maximum Gasteiger partial charge on any atom is 0.247 e. The van der Waals surface area contributed by atoms with Crippen molar-refractivity contribution in [2.24, 2.45) is 0 Å². The Kier molecular flexibility index (Phi) is 6.49. The van der Waals surface area contributed by atoms with E-state index in [0.29, 0.717) is 34.8 Å². The molecule has 0 aliphatic carbocycles. The van der Waals surface area contributed by atoms with Crippen LogP contribution in [0.3, 0.4) is 0 Å². The Labute approximate surface area is 202 Å². The second kappa shape index (κ2) is 10.0. The third-order valence-electron chi connectivity index (χ3n) is 5.34. The number of hydrogen-bond acceptors (Lipinski definition) is 8. The Morgan fingerprint density at radius 2 is 1.79 bits per heavy atom. The smallest absolute Gasteiger partial charge is 0.247 e. The van der Waals surface area contributed by atoms with Crippen molar-refractivity contribution in [2.45, 2.75) is 24.9 Å². The molecule has 1 N–H and O–H groups in total. The maximum atomic E-state index is 6.43. The van der Waals surface area contributed by atoms with Crippen LogP contribution in [0.5, 0.6) is 17.4 Å². The van der Waals surface area contributed by atoms with Crippen LogP contribution < -0.4 is 19.5 Å². The molecule has 1 atom stereocenters. The van der Waals surface area contributed by atoms with Crippen LogP contribution in [0.4, 0.5) is 5.69 Å². The zero-order valence-electron chi connectivity index (χ0n) is 18.9. The van der Waals surface area contributed by atoms with E-state index in [1.165, 1.54) is 11.8 Å². The van der Waals surface area contributed by atoms with Gasteiger partial charge < -0.3 is 19.5 Å². The van der Waals surface area contributed by atoms with Gasteiger partial charge in [0, 0.05) is 11.3 Å². The summed E-state index contributed by atoms with van der Waals surface area (Å²) in [4.78, 5) is 4.66. The van der Waals surface area contributed by atoms with Crippen LogP contribution in [0.2, 0.25) is 0 Å². The average Bonchev–Trinajstić information content (AvgIpc) is 3.04. The molecule has 5 rings (SSSR count). The van der Waals surface area contributed by atoms with Gasteiger partial charge in [-0.3, -0.25) is 0 Å². The summed E-state index contributed by atoms with van der Waals surface area (Å²) in [5, 5.41) is 12.8. The van der Waals surface area contributed by atoms with E-state index in [4.69, 9.17) is 14.2 Å². The highest BCUT2D eigenvalue weighted by atomic mass is 32.2. The van der Waals surface area contributed by atoms with Gasteiger partial charge in [0.05, 0.1) is 12.7 Å². The van der Waals surface area contributed by atoms with Crippen molar-refractivity contribution >= 4 is 17.4 Å². The van der Waals surface area contributed by atoms with Crippen molar-refractivity contribution in [3.05, 3.63) is 83.9 Å². The van der Waals surface area contributed by atoms with E-state index in [9.17, 15) is 0 Å². The average molecular weight is 473 g/mol. The van der Waals surface area contributed by atoms with Gasteiger partial charge in [0.1, 0.15) is 6.61 Å². The normalized spacial score (nSPS) is 14.1. The van der Waals surface area contributed by atoms with E-state index >= 15 is 0 Å². The molecule has 172 valence electrons. The molecule has 0 saturated carbocycles. The van der Waals surface area contributed by atoms with Gasteiger partial charge in [0.25, 0.3) is 0 Å². The molecule has 7 nitrogen and oxygen atoms in total. The summed E-state index contributed by atoms with van der Waals surface area (Å²) >= 11 is 1.52. The highest BCUT2D eigenvalue weighted by molar-refractivity contribution is 7.99. The minimum Gasteiger partial charge on any atom is -0.493 e. The fourth-order valence-corrected chi connectivity index (χ4v) is 4.27. The SMILES string of the molecule is CCSc1nnc2c(n1)OC(c1cccc(OC)c1OCc1ccccc1)Nc1ccccc1-2. The third kappa shape index (κ3) is 4.49. The Morgan fingerprint density at radius 1 is 0.971 bits per heavy atom. The van der Waals surface area contributed by atoms with Crippen LogP contribution in [0, 0.1) is 0 Å². The number of nitrogens with zero attached hydrogens (tertiary/aromatic N) is 3. The predicted molar refractivity (Wildman–Crippen MR) is 132 cm³/mol. The number of nitrogens with one attached hydrogen (secondary N) is 1. The Bertz CT molecular complexity index is 1290. The minimum absolute atomic E-state index is 0.398. The second-order valence-corrected chi connectivity index (χ2v) is 8.75. The van der Waals surface area contributed by atoms with Crippen molar-refractivity contribution in [3.63, 3.8) is 0 Å². The molecule has 4 aromatic rings. The lowest BCUT2D eigenvalue weighted by molar-refractivity contribution is 0.211. The zero-order valence-corrected chi connectivity index (χ0v) is 19.7. The molecule has 1 aliphatic rings. The molecule has 0 fully saturated rings. The molecule has 3 aromatic carbocycles. The highest BCUT2D eigenvalue weighted by Crippen LogP contribution is 2.43. The van der Waals surface area contributed by atoms with Crippen molar-refractivity contribution in [2.75, 3.05) is 18.2 Å². The van der Waals surface area contributed by atoms with Crippen molar-refractivity contribution in [3.8, 4) is 28.6 Å². The van der Waals surface area contributed by atoms with Crippen LogP contribution >= 0.6 is 11.8 Å². The number of aromatic nitrogens is 3. The number of fused-ring (bicyclic) bond motifs is 3. The standard InChI is InChI=1S/C26H24N4O3S/c1-3-34-26-28-25-22(29-30-26)18-12-7-8-14-20(18)27-24(33-25)19-13-9-15-21(31-2)23(19)32-16-17-10-5-4-6-11-17/h4-15,24,27H,3,16H2,1-2H3. The lowest BCUT2D eigenvalue weighted by Gasteiger charge is -2.23. The largest absolute Gasteiger partial charge is 0.493 e. The summed E-state index contributed by atoms with van der Waals surface area (Å²) in [6.07, 6.45) is -0.584. The Hall–Kier alpha value is -3.78. The van der Waals surface area contributed by atoms with E-state index in [0.717, 1.165) is 28.1 Å². The number of benzene rings is 3. The fourth-order valence-electron chi connectivity index (χ4n) is 3.76. The summed E-state index contributed by atoms with van der Waals surface area (Å²) in [5.41, 5.74) is 4.20. The first-order chi connectivity index (χ1) is 16.8. The van der Waals surface area contributed by atoms with E-state index in [2.05, 4.69) is 20.5 Å². The monoisotopic (exact) mass is 472 g/mol. The van der Waals surface area contributed by atoms with Crippen LogP contribution in [0.25, 0.3) is 11.3 Å². The number of thioether (sulfide) groups is 1. The quantitative estimate of drug-likeness (QED) is 0.341. The minimum atomic E-state index is -0.584. The highest BCUT2D eigenvalue weighted by Gasteiger charge is 2.29. The van der Waals surface area contributed by atoms with Gasteiger partial charge in [0.2, 0.25) is 17.3 Å². The summed E-state index contributed by atoms with van der Waals surface area (Å²) in [7, 11) is 1.63. The molecular weight excluding hydrogens is 448 g/mol. The molecule has 1 aliphatic heterocycles. The van der Waals surface area contributed by atoms with Gasteiger partial charge in [-0.2, -0.15) is 4.98 Å². The van der Waals surface area contributed by atoms with E-state index in [1.807, 2.05) is 79.7 Å². The molecule has 0 radical (unpaired) electrons. The number of ether oxygens (including phenoxy) is 3. The molecule has 1 unspecified atom stereocenters. The van der Waals surface area contributed by atoms with E-state index in [1.54, 1.807) is 7.11 Å². The van der Waals surface area contributed by atoms with Crippen molar-refractivity contribution in [1.82, 2.24) is 15.2 Å². The molecule has 8 heteroatoms. The lowest BCUT2D eigenvalue weighted by Crippen LogP contribution is -2.18. The van der Waals surface area contributed by atoms with Gasteiger partial charge in [-0.25, -0.2) is 0 Å². The molecule has 0 amide bonds. The van der Waals surface area contributed by atoms with Gasteiger partial charge in [-0.15, -0.1) is 10.2 Å². The number of hydrogen-bond donors (Lipinski definition) is 1. The summed E-state index contributed by atoms with van der Waals surface area (Å²) in [5.74, 6) is 2.49. The number of anilines is 1. The van der Waals surface area contributed by atoms with Gasteiger partial charge in [-0.1, -0.05) is 73.3 Å². The lowest BCUT2D eigenvalue weighted by atomic mass is 10.1. The van der Waals surface area contributed by atoms with E-state index < -0.39 is 6.23 Å². The van der Waals surface area contributed by atoms with Crippen molar-refractivity contribution in [1.29, 1.82) is 0 Å². The van der Waals surface area contributed by atoms with Crippen molar-refractivity contribution < 1.29 is 14.2 Å². The predicted octanol–water partition coefficient (Wildman–Crippen LogP) is 5.74. The summed E-state index contributed by atoms with van der Waals surface area (Å²) in [6.45, 7) is 2.45. The molecule has 2 heterocycles. The fraction of sp³-hybridized carbons (Fsp3) is 0.192. The summed E-state index contributed by atoms with van der Waals surface area (Å²) < 4.78 is 18.3. The van der Waals surface area contributed by atoms with E-state index in [-0.39, 0.29) is 0 Å². The molecule has 0 saturated heterocycles. The zero-order chi connectivity index (χ0) is 23.3.